The molecule has 1 heterocycles. The molecular weight excluding hydrogens is 208 g/mol. The van der Waals surface area contributed by atoms with Gasteiger partial charge in [0.1, 0.15) is 11.5 Å². The predicted molar refractivity (Wildman–Crippen MR) is 56.2 cm³/mol. The lowest BCUT2D eigenvalue weighted by Crippen LogP contribution is -2.40. The van der Waals surface area contributed by atoms with Gasteiger partial charge in [0.05, 0.1) is 11.7 Å². The second kappa shape index (κ2) is 3.77. The Balaban J connectivity index is 2.41. The zero-order chi connectivity index (χ0) is 11.8. The third kappa shape index (κ3) is 1.54. The summed E-state index contributed by atoms with van der Waals surface area (Å²) in [5.74, 6) is -0.0701. The highest BCUT2D eigenvalue weighted by Crippen LogP contribution is 2.40. The number of carboxylic acids is 1. The molecular formula is C12H14O4. The monoisotopic (exact) mass is 222 g/mol. The van der Waals surface area contributed by atoms with Crippen molar-refractivity contribution in [3.8, 4) is 0 Å². The lowest BCUT2D eigenvalue weighted by atomic mass is 9.69. The highest BCUT2D eigenvalue weighted by molar-refractivity contribution is 5.87. The summed E-state index contributed by atoms with van der Waals surface area (Å²) in [6.45, 7) is 1.76. The fourth-order valence-corrected chi connectivity index (χ4v) is 2.44. The third-order valence-electron chi connectivity index (χ3n) is 3.45. The lowest BCUT2D eigenvalue weighted by Gasteiger charge is -2.32. The Morgan fingerprint density at radius 3 is 2.50 bits per heavy atom. The number of rotatable bonds is 2. The number of Topliss-reactive ketones (excluding diaryl/α,β-unsaturated/α-hetero) is 1. The van der Waals surface area contributed by atoms with Crippen LogP contribution in [0.4, 0.5) is 0 Å². The zero-order valence-electron chi connectivity index (χ0n) is 9.16. The SMILES string of the molecule is Cc1occc1C1(C(=O)O)CCC(=O)CC1. The van der Waals surface area contributed by atoms with Crippen LogP contribution in [0.15, 0.2) is 16.7 Å². The van der Waals surface area contributed by atoms with Crippen LogP contribution in [0.5, 0.6) is 0 Å². The third-order valence-corrected chi connectivity index (χ3v) is 3.45. The van der Waals surface area contributed by atoms with Crippen molar-refractivity contribution >= 4 is 11.8 Å². The molecule has 0 aromatic carbocycles. The van der Waals surface area contributed by atoms with Gasteiger partial charge in [-0.1, -0.05) is 0 Å². The van der Waals surface area contributed by atoms with Crippen molar-refractivity contribution in [1.82, 2.24) is 0 Å². The van der Waals surface area contributed by atoms with Crippen LogP contribution in [-0.4, -0.2) is 16.9 Å². The van der Waals surface area contributed by atoms with E-state index in [1.54, 1.807) is 13.0 Å². The molecule has 0 aliphatic heterocycles. The first-order valence-electron chi connectivity index (χ1n) is 5.36. The molecule has 0 unspecified atom stereocenters. The number of carbonyl (C=O) groups is 2. The van der Waals surface area contributed by atoms with E-state index < -0.39 is 11.4 Å². The van der Waals surface area contributed by atoms with Crippen LogP contribution in [-0.2, 0) is 15.0 Å². The van der Waals surface area contributed by atoms with Crippen LogP contribution in [0.2, 0.25) is 0 Å². The van der Waals surface area contributed by atoms with Crippen molar-refractivity contribution in [3.05, 3.63) is 23.7 Å². The summed E-state index contributed by atoms with van der Waals surface area (Å²) >= 11 is 0. The van der Waals surface area contributed by atoms with Crippen LogP contribution in [0, 0.1) is 6.92 Å². The van der Waals surface area contributed by atoms with E-state index in [0.717, 1.165) is 0 Å². The molecule has 1 fully saturated rings. The molecule has 4 nitrogen and oxygen atoms in total. The second-order valence-electron chi connectivity index (χ2n) is 4.32. The van der Waals surface area contributed by atoms with Gasteiger partial charge in [0.15, 0.2) is 0 Å². The molecule has 0 radical (unpaired) electrons. The number of furan rings is 1. The van der Waals surface area contributed by atoms with Gasteiger partial charge in [-0.25, -0.2) is 0 Å². The van der Waals surface area contributed by atoms with Crippen molar-refractivity contribution < 1.29 is 19.1 Å². The first-order chi connectivity index (χ1) is 7.56. The summed E-state index contributed by atoms with van der Waals surface area (Å²) < 4.78 is 5.17. The van der Waals surface area contributed by atoms with E-state index in [0.29, 0.717) is 37.0 Å². The second-order valence-corrected chi connectivity index (χ2v) is 4.32. The van der Waals surface area contributed by atoms with Gasteiger partial charge in [-0.05, 0) is 25.8 Å². The fourth-order valence-electron chi connectivity index (χ4n) is 2.44. The molecule has 1 aromatic heterocycles. The summed E-state index contributed by atoms with van der Waals surface area (Å²) in [5, 5.41) is 9.42. The Kier molecular flexibility index (Phi) is 2.58. The predicted octanol–water partition coefficient (Wildman–Crippen LogP) is 2.05. The number of aliphatic carboxylic acids is 1. The Bertz CT molecular complexity index is 420. The van der Waals surface area contributed by atoms with Crippen molar-refractivity contribution in [3.63, 3.8) is 0 Å². The molecule has 0 amide bonds. The summed E-state index contributed by atoms with van der Waals surface area (Å²) in [6.07, 6.45) is 2.95. The van der Waals surface area contributed by atoms with Gasteiger partial charge in [0, 0.05) is 18.4 Å². The number of carbonyl (C=O) groups excluding carboxylic acids is 1. The first kappa shape index (κ1) is 10.9. The van der Waals surface area contributed by atoms with E-state index in [9.17, 15) is 14.7 Å². The topological polar surface area (TPSA) is 67.5 Å². The minimum absolute atomic E-state index is 0.151. The van der Waals surface area contributed by atoms with Crippen LogP contribution in [0.3, 0.4) is 0 Å². The standard InChI is InChI=1S/C12H14O4/c1-8-10(4-7-16-8)12(11(14)15)5-2-9(13)3-6-12/h4,7H,2-3,5-6H2,1H3,(H,14,15). The first-order valence-corrected chi connectivity index (χ1v) is 5.36. The Hall–Kier alpha value is -1.58. The number of hydrogen-bond donors (Lipinski definition) is 1. The van der Waals surface area contributed by atoms with E-state index in [1.165, 1.54) is 6.26 Å². The maximum absolute atomic E-state index is 11.5. The highest BCUT2D eigenvalue weighted by Gasteiger charge is 2.44. The minimum Gasteiger partial charge on any atom is -0.481 e. The van der Waals surface area contributed by atoms with Crippen molar-refractivity contribution in [2.45, 2.75) is 38.0 Å². The molecule has 2 rings (SSSR count). The van der Waals surface area contributed by atoms with Gasteiger partial charge in [0.25, 0.3) is 0 Å². The number of aryl methyl sites for hydroxylation is 1. The molecule has 1 aliphatic rings. The van der Waals surface area contributed by atoms with Gasteiger partial charge in [-0.3, -0.25) is 9.59 Å². The molecule has 0 spiro atoms. The molecule has 86 valence electrons. The average Bonchev–Trinajstić information content (AvgIpc) is 2.66. The van der Waals surface area contributed by atoms with Crippen LogP contribution < -0.4 is 0 Å². The summed E-state index contributed by atoms with van der Waals surface area (Å²) in [4.78, 5) is 22.7. The highest BCUT2D eigenvalue weighted by atomic mass is 16.4. The van der Waals surface area contributed by atoms with Gasteiger partial charge in [-0.2, -0.15) is 0 Å². The van der Waals surface area contributed by atoms with E-state index >= 15 is 0 Å². The molecule has 0 bridgehead atoms. The van der Waals surface area contributed by atoms with Crippen LogP contribution in [0.1, 0.15) is 37.0 Å². The largest absolute Gasteiger partial charge is 0.481 e. The van der Waals surface area contributed by atoms with Gasteiger partial charge in [-0.15, -0.1) is 0 Å². The van der Waals surface area contributed by atoms with E-state index in [2.05, 4.69) is 0 Å². The van der Waals surface area contributed by atoms with Gasteiger partial charge in [0.2, 0.25) is 0 Å². The minimum atomic E-state index is -0.926. The summed E-state index contributed by atoms with van der Waals surface area (Å²) in [6, 6.07) is 1.71. The number of hydrogen-bond acceptors (Lipinski definition) is 3. The van der Waals surface area contributed by atoms with Crippen molar-refractivity contribution in [2.75, 3.05) is 0 Å². The van der Waals surface area contributed by atoms with E-state index in [1.807, 2.05) is 0 Å². The van der Waals surface area contributed by atoms with E-state index in [4.69, 9.17) is 4.42 Å². The van der Waals surface area contributed by atoms with Crippen molar-refractivity contribution in [2.24, 2.45) is 0 Å². The van der Waals surface area contributed by atoms with Gasteiger partial charge < -0.3 is 9.52 Å². The smallest absolute Gasteiger partial charge is 0.314 e. The molecule has 0 atom stereocenters. The normalized spacial score (nSPS) is 19.7. The molecule has 0 saturated heterocycles. The zero-order valence-corrected chi connectivity index (χ0v) is 9.16. The molecule has 1 N–H and O–H groups in total. The average molecular weight is 222 g/mol. The Labute approximate surface area is 93.3 Å². The molecule has 16 heavy (non-hydrogen) atoms. The van der Waals surface area contributed by atoms with E-state index in [-0.39, 0.29) is 5.78 Å². The van der Waals surface area contributed by atoms with Crippen LogP contribution >= 0.6 is 0 Å². The van der Waals surface area contributed by atoms with Gasteiger partial charge >= 0.3 is 5.97 Å². The molecule has 4 heteroatoms. The molecule has 1 saturated carbocycles. The summed E-state index contributed by atoms with van der Waals surface area (Å²) in [5.41, 5.74) is -0.210. The lowest BCUT2D eigenvalue weighted by molar-refractivity contribution is -0.146. The summed E-state index contributed by atoms with van der Waals surface area (Å²) in [7, 11) is 0. The maximum Gasteiger partial charge on any atom is 0.314 e. The number of ketones is 1. The quantitative estimate of drug-likeness (QED) is 0.831. The molecule has 1 aliphatic carbocycles. The fraction of sp³-hybridized carbons (Fsp3) is 0.500. The van der Waals surface area contributed by atoms with Crippen molar-refractivity contribution in [1.29, 1.82) is 0 Å². The maximum atomic E-state index is 11.5. The Morgan fingerprint density at radius 2 is 2.06 bits per heavy atom. The number of carboxylic acid groups (broad SMARTS) is 1. The van der Waals surface area contributed by atoms with Crippen LogP contribution in [0.25, 0.3) is 0 Å². The molecule has 1 aromatic rings. The Morgan fingerprint density at radius 1 is 1.44 bits per heavy atom.